The maximum Gasteiger partial charge on any atom is 0.137 e. The van der Waals surface area contributed by atoms with E-state index in [0.717, 1.165) is 12.8 Å². The van der Waals surface area contributed by atoms with Gasteiger partial charge in [-0.15, -0.1) is 0 Å². The van der Waals surface area contributed by atoms with E-state index < -0.39 is 0 Å². The minimum atomic E-state index is 0.407. The van der Waals surface area contributed by atoms with E-state index in [9.17, 15) is 4.79 Å². The third-order valence-corrected chi connectivity index (χ3v) is 4.15. The fourth-order valence-electron chi connectivity index (χ4n) is 2.93. The Bertz CT molecular complexity index is 420. The third-order valence-electron chi connectivity index (χ3n) is 4.15. The van der Waals surface area contributed by atoms with E-state index in [-0.39, 0.29) is 0 Å². The van der Waals surface area contributed by atoms with E-state index in [2.05, 4.69) is 25.1 Å². The van der Waals surface area contributed by atoms with Crippen LogP contribution in [0, 0.1) is 0 Å². The molecule has 0 unspecified atom stereocenters. The molecule has 1 aromatic rings. The first-order chi connectivity index (χ1) is 9.29. The minimum absolute atomic E-state index is 0.407. The Kier molecular flexibility index (Phi) is 5.62. The minimum Gasteiger partial charge on any atom is -0.299 e. The highest BCUT2D eigenvalue weighted by atomic mass is 16.1. The van der Waals surface area contributed by atoms with Crippen LogP contribution in [-0.4, -0.2) is 5.78 Å². The predicted octanol–water partition coefficient (Wildman–Crippen LogP) is 4.65. The Morgan fingerprint density at radius 3 is 2.58 bits per heavy atom. The standard InChI is InChI=1S/C18H26O/c1-2-3-4-5-6-7-8-15-9-10-16-11-12-18(19)14-17(16)13-15/h9-10,13H,2-8,11-12,14H2,1H3. The summed E-state index contributed by atoms with van der Waals surface area (Å²) in [7, 11) is 0. The second kappa shape index (κ2) is 7.47. The summed E-state index contributed by atoms with van der Waals surface area (Å²) in [4.78, 5) is 11.5. The molecule has 0 spiro atoms. The largest absolute Gasteiger partial charge is 0.299 e. The van der Waals surface area contributed by atoms with Crippen molar-refractivity contribution in [3.05, 3.63) is 34.9 Å². The van der Waals surface area contributed by atoms with Gasteiger partial charge in [0.15, 0.2) is 0 Å². The summed E-state index contributed by atoms with van der Waals surface area (Å²) in [6, 6.07) is 6.79. The van der Waals surface area contributed by atoms with Gasteiger partial charge in [-0.1, -0.05) is 57.2 Å². The van der Waals surface area contributed by atoms with Crippen LogP contribution in [0.5, 0.6) is 0 Å². The maximum absolute atomic E-state index is 11.5. The van der Waals surface area contributed by atoms with Crippen molar-refractivity contribution in [1.29, 1.82) is 0 Å². The second-order valence-electron chi connectivity index (χ2n) is 5.84. The Hall–Kier alpha value is -1.11. The molecule has 0 saturated carbocycles. The summed E-state index contributed by atoms with van der Waals surface area (Å²) >= 11 is 0. The normalized spacial score (nSPS) is 14.5. The van der Waals surface area contributed by atoms with Crippen molar-refractivity contribution in [2.24, 2.45) is 0 Å². The quantitative estimate of drug-likeness (QED) is 0.651. The molecule has 0 radical (unpaired) electrons. The fourth-order valence-corrected chi connectivity index (χ4v) is 2.93. The number of hydrogen-bond acceptors (Lipinski definition) is 1. The summed E-state index contributed by atoms with van der Waals surface area (Å²) in [5.41, 5.74) is 4.11. The monoisotopic (exact) mass is 258 g/mol. The highest BCUT2D eigenvalue weighted by molar-refractivity contribution is 5.83. The molecule has 1 aromatic carbocycles. The molecule has 1 aliphatic carbocycles. The molecule has 19 heavy (non-hydrogen) atoms. The Morgan fingerprint density at radius 2 is 1.74 bits per heavy atom. The van der Waals surface area contributed by atoms with Gasteiger partial charge in [0.05, 0.1) is 0 Å². The average molecular weight is 258 g/mol. The van der Waals surface area contributed by atoms with Gasteiger partial charge in [0.25, 0.3) is 0 Å². The van der Waals surface area contributed by atoms with Crippen molar-refractivity contribution < 1.29 is 4.79 Å². The number of rotatable bonds is 7. The van der Waals surface area contributed by atoms with Crippen LogP contribution in [-0.2, 0) is 24.1 Å². The van der Waals surface area contributed by atoms with E-state index in [1.165, 1.54) is 61.6 Å². The molecule has 0 N–H and O–H groups in total. The summed E-state index contributed by atoms with van der Waals surface area (Å²) < 4.78 is 0. The van der Waals surface area contributed by atoms with Crippen LogP contribution < -0.4 is 0 Å². The summed E-state index contributed by atoms with van der Waals surface area (Å²) in [6.45, 7) is 2.26. The average Bonchev–Trinajstić information content (AvgIpc) is 2.42. The van der Waals surface area contributed by atoms with Crippen LogP contribution in [0.1, 0.15) is 68.6 Å². The maximum atomic E-state index is 11.5. The van der Waals surface area contributed by atoms with Gasteiger partial charge in [-0.25, -0.2) is 0 Å². The Labute approximate surface area is 117 Å². The van der Waals surface area contributed by atoms with E-state index in [1.54, 1.807) is 0 Å². The summed E-state index contributed by atoms with van der Waals surface area (Å²) in [5, 5.41) is 0. The van der Waals surface area contributed by atoms with E-state index in [0.29, 0.717) is 12.2 Å². The topological polar surface area (TPSA) is 17.1 Å². The number of aryl methyl sites for hydroxylation is 2. The van der Waals surface area contributed by atoms with Crippen molar-refractivity contribution in [2.45, 2.75) is 71.1 Å². The van der Waals surface area contributed by atoms with Gasteiger partial charge in [0.2, 0.25) is 0 Å². The lowest BCUT2D eigenvalue weighted by Crippen LogP contribution is -2.13. The molecule has 0 fully saturated rings. The summed E-state index contributed by atoms with van der Waals surface area (Å²) in [5.74, 6) is 0.407. The molecule has 1 aliphatic rings. The van der Waals surface area contributed by atoms with Crippen molar-refractivity contribution in [1.82, 2.24) is 0 Å². The zero-order chi connectivity index (χ0) is 13.5. The lowest BCUT2D eigenvalue weighted by molar-refractivity contribution is -0.118. The number of carbonyl (C=O) groups excluding carboxylic acids is 1. The fraction of sp³-hybridized carbons (Fsp3) is 0.611. The number of Topliss-reactive ketones (excluding diaryl/α,β-unsaturated/α-hetero) is 1. The lowest BCUT2D eigenvalue weighted by Gasteiger charge is -2.15. The van der Waals surface area contributed by atoms with E-state index in [4.69, 9.17) is 0 Å². The first kappa shape index (κ1) is 14.3. The molecule has 1 heteroatoms. The molecule has 0 aromatic heterocycles. The van der Waals surface area contributed by atoms with Gasteiger partial charge in [-0.05, 0) is 36.0 Å². The summed E-state index contributed by atoms with van der Waals surface area (Å²) in [6.07, 6.45) is 11.6. The van der Waals surface area contributed by atoms with Crippen LogP contribution in [0.15, 0.2) is 18.2 Å². The molecule has 2 rings (SSSR count). The molecule has 0 aliphatic heterocycles. The molecule has 0 bridgehead atoms. The molecule has 0 heterocycles. The number of benzene rings is 1. The van der Waals surface area contributed by atoms with Gasteiger partial charge < -0.3 is 0 Å². The molecular formula is C18H26O. The zero-order valence-corrected chi connectivity index (χ0v) is 12.2. The molecule has 0 saturated heterocycles. The highest BCUT2D eigenvalue weighted by Gasteiger charge is 2.15. The first-order valence-corrected chi connectivity index (χ1v) is 7.92. The van der Waals surface area contributed by atoms with Crippen molar-refractivity contribution in [3.8, 4) is 0 Å². The van der Waals surface area contributed by atoms with E-state index >= 15 is 0 Å². The SMILES string of the molecule is CCCCCCCCc1ccc2c(c1)CC(=O)CC2. The Morgan fingerprint density at radius 1 is 0.947 bits per heavy atom. The van der Waals surface area contributed by atoms with Crippen LogP contribution in [0.3, 0.4) is 0 Å². The molecule has 0 amide bonds. The zero-order valence-electron chi connectivity index (χ0n) is 12.2. The van der Waals surface area contributed by atoms with Gasteiger partial charge >= 0.3 is 0 Å². The number of unbranched alkanes of at least 4 members (excludes halogenated alkanes) is 5. The first-order valence-electron chi connectivity index (χ1n) is 7.92. The van der Waals surface area contributed by atoms with Gasteiger partial charge in [-0.2, -0.15) is 0 Å². The molecule has 104 valence electrons. The van der Waals surface area contributed by atoms with Gasteiger partial charge in [0.1, 0.15) is 5.78 Å². The van der Waals surface area contributed by atoms with Crippen molar-refractivity contribution in [2.75, 3.05) is 0 Å². The molecule has 0 atom stereocenters. The molecular weight excluding hydrogens is 232 g/mol. The number of fused-ring (bicyclic) bond motifs is 1. The second-order valence-corrected chi connectivity index (χ2v) is 5.84. The lowest BCUT2D eigenvalue weighted by atomic mass is 9.89. The van der Waals surface area contributed by atoms with Crippen LogP contribution in [0.2, 0.25) is 0 Å². The predicted molar refractivity (Wildman–Crippen MR) is 80.6 cm³/mol. The van der Waals surface area contributed by atoms with Crippen LogP contribution in [0.25, 0.3) is 0 Å². The number of hydrogen-bond donors (Lipinski definition) is 0. The van der Waals surface area contributed by atoms with Crippen LogP contribution >= 0.6 is 0 Å². The third kappa shape index (κ3) is 4.49. The van der Waals surface area contributed by atoms with Gasteiger partial charge in [-0.3, -0.25) is 4.79 Å². The highest BCUT2D eigenvalue weighted by Crippen LogP contribution is 2.21. The molecule has 1 nitrogen and oxygen atoms in total. The van der Waals surface area contributed by atoms with E-state index in [1.807, 2.05) is 0 Å². The van der Waals surface area contributed by atoms with Crippen molar-refractivity contribution in [3.63, 3.8) is 0 Å². The number of ketones is 1. The van der Waals surface area contributed by atoms with Crippen LogP contribution in [0.4, 0.5) is 0 Å². The number of carbonyl (C=O) groups is 1. The van der Waals surface area contributed by atoms with Crippen molar-refractivity contribution >= 4 is 5.78 Å². The Balaban J connectivity index is 1.78. The smallest absolute Gasteiger partial charge is 0.137 e. The van der Waals surface area contributed by atoms with Gasteiger partial charge in [0, 0.05) is 12.8 Å².